The summed E-state index contributed by atoms with van der Waals surface area (Å²) in [6.07, 6.45) is 3.67. The van der Waals surface area contributed by atoms with Gasteiger partial charge in [-0.2, -0.15) is 0 Å². The molecule has 0 aliphatic carbocycles. The molecule has 0 atom stereocenters. The van der Waals surface area contributed by atoms with Gasteiger partial charge in [-0.1, -0.05) is 24.3 Å². The van der Waals surface area contributed by atoms with Crippen molar-refractivity contribution in [3.8, 4) is 19.5 Å². The summed E-state index contributed by atoms with van der Waals surface area (Å²) >= 11 is 5.35. The van der Waals surface area contributed by atoms with Gasteiger partial charge in [-0.05, 0) is 47.2 Å². The minimum atomic E-state index is 0.665. The third-order valence-corrected chi connectivity index (χ3v) is 8.03. The summed E-state index contributed by atoms with van der Waals surface area (Å²) in [4.78, 5) is 14.0. The van der Waals surface area contributed by atoms with Crippen LogP contribution in [0.3, 0.4) is 0 Å². The van der Waals surface area contributed by atoms with Crippen LogP contribution in [-0.4, -0.2) is 9.97 Å². The molecular formula is C24H20N4S3. The zero-order chi connectivity index (χ0) is 20.9. The lowest BCUT2D eigenvalue weighted by atomic mass is 10.2. The van der Waals surface area contributed by atoms with Gasteiger partial charge in [-0.3, -0.25) is 9.97 Å². The molecular weight excluding hydrogens is 440 g/mol. The minimum absolute atomic E-state index is 0.665. The molecule has 31 heavy (non-hydrogen) atoms. The molecule has 0 amide bonds. The van der Waals surface area contributed by atoms with Crippen molar-refractivity contribution >= 4 is 45.4 Å². The Morgan fingerprint density at radius 2 is 1.13 bits per heavy atom. The van der Waals surface area contributed by atoms with Gasteiger partial charge in [0.15, 0.2) is 0 Å². The topological polar surface area (TPSA) is 49.8 Å². The average Bonchev–Trinajstić information content (AvgIpc) is 3.58. The molecule has 154 valence electrons. The lowest BCUT2D eigenvalue weighted by Gasteiger charge is -2.13. The van der Waals surface area contributed by atoms with Crippen molar-refractivity contribution in [2.24, 2.45) is 0 Å². The van der Waals surface area contributed by atoms with Gasteiger partial charge in [0.25, 0.3) is 0 Å². The molecule has 5 aromatic rings. The highest BCUT2D eigenvalue weighted by atomic mass is 32.1. The molecule has 0 aliphatic heterocycles. The summed E-state index contributed by atoms with van der Waals surface area (Å²) in [6.45, 7) is 1.33. The molecule has 0 unspecified atom stereocenters. The molecule has 7 heteroatoms. The van der Waals surface area contributed by atoms with Crippen molar-refractivity contribution in [2.45, 2.75) is 13.1 Å². The van der Waals surface area contributed by atoms with E-state index in [1.54, 1.807) is 22.7 Å². The Morgan fingerprint density at radius 3 is 1.52 bits per heavy atom. The summed E-state index contributed by atoms with van der Waals surface area (Å²) in [6, 6.07) is 20.6. The minimum Gasteiger partial charge on any atom is -0.376 e. The zero-order valence-electron chi connectivity index (χ0n) is 16.6. The highest BCUT2D eigenvalue weighted by Crippen LogP contribution is 2.51. The molecule has 2 N–H and O–H groups in total. The second kappa shape index (κ2) is 9.43. The first-order chi connectivity index (χ1) is 15.4. The van der Waals surface area contributed by atoms with Gasteiger partial charge in [-0.15, -0.1) is 34.0 Å². The van der Waals surface area contributed by atoms with Crippen LogP contribution in [0.4, 0.5) is 11.4 Å². The normalized spacial score (nSPS) is 10.8. The molecule has 0 bridgehead atoms. The predicted molar refractivity (Wildman–Crippen MR) is 134 cm³/mol. The summed E-state index contributed by atoms with van der Waals surface area (Å²) in [5, 5.41) is 11.6. The highest BCUT2D eigenvalue weighted by molar-refractivity contribution is 7.27. The number of rotatable bonds is 8. The number of pyridine rings is 2. The van der Waals surface area contributed by atoms with Gasteiger partial charge >= 0.3 is 0 Å². The first-order valence-corrected chi connectivity index (χ1v) is 12.5. The molecule has 5 aromatic heterocycles. The third kappa shape index (κ3) is 4.54. The Labute approximate surface area is 193 Å². The van der Waals surface area contributed by atoms with Crippen molar-refractivity contribution in [1.29, 1.82) is 0 Å². The van der Waals surface area contributed by atoms with E-state index in [0.717, 1.165) is 22.8 Å². The monoisotopic (exact) mass is 460 g/mol. The van der Waals surface area contributed by atoms with Crippen molar-refractivity contribution < 1.29 is 0 Å². The number of hydrogen-bond donors (Lipinski definition) is 2. The van der Waals surface area contributed by atoms with Crippen LogP contribution < -0.4 is 10.6 Å². The van der Waals surface area contributed by atoms with E-state index in [4.69, 9.17) is 0 Å². The number of thiophene rings is 3. The fraction of sp³-hybridized carbons (Fsp3) is 0.0833. The molecule has 5 heterocycles. The SMILES string of the molecule is c1ccc(CNc2c(-c3cccs3)sc(-c3cccs3)c2NCc2ccccn2)nc1. The van der Waals surface area contributed by atoms with Crippen molar-refractivity contribution in [3.05, 3.63) is 95.2 Å². The van der Waals surface area contributed by atoms with Crippen LogP contribution in [0.2, 0.25) is 0 Å². The number of aromatic nitrogens is 2. The Kier molecular flexibility index (Phi) is 6.06. The third-order valence-electron chi connectivity index (χ3n) is 4.74. The van der Waals surface area contributed by atoms with Gasteiger partial charge in [-0.25, -0.2) is 0 Å². The van der Waals surface area contributed by atoms with Gasteiger partial charge < -0.3 is 10.6 Å². The highest BCUT2D eigenvalue weighted by Gasteiger charge is 2.22. The maximum Gasteiger partial charge on any atom is 0.0784 e. The lowest BCUT2D eigenvalue weighted by Crippen LogP contribution is -2.06. The molecule has 0 fully saturated rings. The number of nitrogens with zero attached hydrogens (tertiary/aromatic N) is 2. The second-order valence-electron chi connectivity index (χ2n) is 6.81. The Morgan fingerprint density at radius 1 is 0.613 bits per heavy atom. The van der Waals surface area contributed by atoms with E-state index in [1.807, 2.05) is 60.1 Å². The molecule has 0 spiro atoms. The van der Waals surface area contributed by atoms with Crippen LogP contribution >= 0.6 is 34.0 Å². The zero-order valence-corrected chi connectivity index (χ0v) is 19.1. The standard InChI is InChI=1S/C24H20N4S3/c1-3-11-25-17(7-1)15-27-21-22(28-16-18-8-2-4-12-26-18)24(20-10-6-14-30-20)31-23(21)19-9-5-13-29-19/h1-14,27-28H,15-16H2. The summed E-state index contributed by atoms with van der Waals surface area (Å²) in [5.74, 6) is 0. The maximum atomic E-state index is 4.48. The van der Waals surface area contributed by atoms with Crippen molar-refractivity contribution in [2.75, 3.05) is 10.6 Å². The van der Waals surface area contributed by atoms with Gasteiger partial charge in [0.2, 0.25) is 0 Å². The summed E-state index contributed by atoms with van der Waals surface area (Å²) in [7, 11) is 0. The van der Waals surface area contributed by atoms with Crippen LogP contribution in [0.25, 0.3) is 19.5 Å². The first kappa shape index (κ1) is 19.9. The molecule has 0 saturated carbocycles. The van der Waals surface area contributed by atoms with E-state index in [0.29, 0.717) is 13.1 Å². The van der Waals surface area contributed by atoms with E-state index in [9.17, 15) is 0 Å². The number of anilines is 2. The molecule has 0 saturated heterocycles. The molecule has 0 aliphatic rings. The largest absolute Gasteiger partial charge is 0.376 e. The molecule has 5 rings (SSSR count). The Hall–Kier alpha value is -3.00. The van der Waals surface area contributed by atoms with Crippen LogP contribution in [0.15, 0.2) is 83.8 Å². The van der Waals surface area contributed by atoms with Crippen LogP contribution in [0, 0.1) is 0 Å². The molecule has 0 radical (unpaired) electrons. The second-order valence-corrected chi connectivity index (χ2v) is 9.73. The van der Waals surface area contributed by atoms with Gasteiger partial charge in [0, 0.05) is 22.1 Å². The van der Waals surface area contributed by atoms with E-state index >= 15 is 0 Å². The lowest BCUT2D eigenvalue weighted by molar-refractivity contribution is 1.03. The molecule has 4 nitrogen and oxygen atoms in total. The van der Waals surface area contributed by atoms with Crippen LogP contribution in [0.1, 0.15) is 11.4 Å². The van der Waals surface area contributed by atoms with Crippen LogP contribution in [-0.2, 0) is 13.1 Å². The fourth-order valence-corrected chi connectivity index (χ4v) is 6.27. The Bertz CT molecular complexity index is 1120. The first-order valence-electron chi connectivity index (χ1n) is 9.90. The van der Waals surface area contributed by atoms with E-state index in [2.05, 4.69) is 55.6 Å². The van der Waals surface area contributed by atoms with Gasteiger partial charge in [0.05, 0.1) is 45.6 Å². The fourth-order valence-electron chi connectivity index (χ4n) is 3.29. The van der Waals surface area contributed by atoms with E-state index in [1.165, 1.54) is 19.5 Å². The van der Waals surface area contributed by atoms with E-state index in [-0.39, 0.29) is 0 Å². The number of hydrogen-bond acceptors (Lipinski definition) is 7. The predicted octanol–water partition coefficient (Wildman–Crippen LogP) is 7.22. The molecule has 0 aromatic carbocycles. The number of nitrogens with one attached hydrogen (secondary N) is 2. The smallest absolute Gasteiger partial charge is 0.0784 e. The van der Waals surface area contributed by atoms with E-state index < -0.39 is 0 Å². The van der Waals surface area contributed by atoms with Crippen LogP contribution in [0.5, 0.6) is 0 Å². The van der Waals surface area contributed by atoms with Gasteiger partial charge in [0.1, 0.15) is 0 Å². The maximum absolute atomic E-state index is 4.48. The quantitative estimate of drug-likeness (QED) is 0.257. The summed E-state index contributed by atoms with van der Waals surface area (Å²) in [5.41, 5.74) is 4.27. The Balaban J connectivity index is 1.56. The summed E-state index contributed by atoms with van der Waals surface area (Å²) < 4.78 is 0. The average molecular weight is 461 g/mol. The van der Waals surface area contributed by atoms with Crippen molar-refractivity contribution in [1.82, 2.24) is 9.97 Å². The van der Waals surface area contributed by atoms with Crippen molar-refractivity contribution in [3.63, 3.8) is 0 Å².